The average Bonchev–Trinajstić information content (AvgIpc) is 2.14. The molecule has 1 N–H and O–H groups in total. The summed E-state index contributed by atoms with van der Waals surface area (Å²) in [6, 6.07) is 4.84. The van der Waals surface area contributed by atoms with Crippen molar-refractivity contribution in [1.82, 2.24) is 0 Å². The third-order valence-electron chi connectivity index (χ3n) is 2.23. The molecular weight excluding hydrogens is 239 g/mol. The standard InChI is InChI=1S/C10H10F3NO3/c1-9(15,6-10(11,12)13)7-4-2-3-5-8(7)14(16)17/h2-5,15H,6H2,1H3. The Balaban J connectivity index is 3.19. The number of rotatable bonds is 3. The van der Waals surface area contributed by atoms with Crippen molar-refractivity contribution in [2.24, 2.45) is 0 Å². The average molecular weight is 249 g/mol. The minimum Gasteiger partial charge on any atom is -0.385 e. The summed E-state index contributed by atoms with van der Waals surface area (Å²) in [7, 11) is 0. The second-order valence-corrected chi connectivity index (χ2v) is 3.84. The number of hydrogen-bond donors (Lipinski definition) is 1. The first kappa shape index (κ1) is 13.4. The Morgan fingerprint density at radius 1 is 1.35 bits per heavy atom. The Hall–Kier alpha value is -1.63. The quantitative estimate of drug-likeness (QED) is 0.661. The number of nitro benzene ring substituents is 1. The predicted molar refractivity (Wildman–Crippen MR) is 53.3 cm³/mol. The van der Waals surface area contributed by atoms with Gasteiger partial charge in [-0.15, -0.1) is 0 Å². The second kappa shape index (κ2) is 4.33. The Kier molecular flexibility index (Phi) is 3.42. The molecule has 0 aliphatic carbocycles. The topological polar surface area (TPSA) is 63.4 Å². The molecule has 17 heavy (non-hydrogen) atoms. The van der Waals surface area contributed by atoms with Crippen molar-refractivity contribution in [2.45, 2.75) is 25.1 Å². The fourth-order valence-electron chi connectivity index (χ4n) is 1.57. The number of hydrogen-bond acceptors (Lipinski definition) is 3. The molecule has 94 valence electrons. The van der Waals surface area contributed by atoms with E-state index in [-0.39, 0.29) is 5.56 Å². The highest BCUT2D eigenvalue weighted by Gasteiger charge is 2.42. The van der Waals surface area contributed by atoms with E-state index in [0.29, 0.717) is 0 Å². The van der Waals surface area contributed by atoms with E-state index in [1.54, 1.807) is 0 Å². The summed E-state index contributed by atoms with van der Waals surface area (Å²) in [5.41, 5.74) is -3.19. The zero-order valence-electron chi connectivity index (χ0n) is 8.86. The van der Waals surface area contributed by atoms with Crippen LogP contribution in [0.4, 0.5) is 18.9 Å². The first-order chi connectivity index (χ1) is 7.63. The molecule has 1 rings (SSSR count). The van der Waals surface area contributed by atoms with Gasteiger partial charge in [-0.05, 0) is 13.0 Å². The van der Waals surface area contributed by atoms with Gasteiger partial charge in [0.05, 0.1) is 16.9 Å². The van der Waals surface area contributed by atoms with Crippen LogP contribution in [0.25, 0.3) is 0 Å². The largest absolute Gasteiger partial charge is 0.392 e. The highest BCUT2D eigenvalue weighted by atomic mass is 19.4. The van der Waals surface area contributed by atoms with Gasteiger partial charge in [0, 0.05) is 6.07 Å². The van der Waals surface area contributed by atoms with Crippen molar-refractivity contribution in [3.63, 3.8) is 0 Å². The molecule has 4 nitrogen and oxygen atoms in total. The van der Waals surface area contributed by atoms with Crippen molar-refractivity contribution in [3.8, 4) is 0 Å². The number of alkyl halides is 3. The first-order valence-corrected chi connectivity index (χ1v) is 4.66. The van der Waals surface area contributed by atoms with E-state index >= 15 is 0 Å². The van der Waals surface area contributed by atoms with E-state index < -0.39 is 28.8 Å². The van der Waals surface area contributed by atoms with Gasteiger partial charge in [-0.25, -0.2) is 0 Å². The van der Waals surface area contributed by atoms with Gasteiger partial charge >= 0.3 is 6.18 Å². The maximum Gasteiger partial charge on any atom is 0.392 e. The van der Waals surface area contributed by atoms with Crippen LogP contribution < -0.4 is 0 Å². The molecule has 1 aromatic rings. The lowest BCUT2D eigenvalue weighted by Gasteiger charge is -2.24. The molecule has 1 atom stereocenters. The van der Waals surface area contributed by atoms with Crippen LogP contribution in [0.2, 0.25) is 0 Å². The number of halogens is 3. The third-order valence-corrected chi connectivity index (χ3v) is 2.23. The van der Waals surface area contributed by atoms with Crippen LogP contribution >= 0.6 is 0 Å². The summed E-state index contributed by atoms with van der Waals surface area (Å²) in [4.78, 5) is 9.83. The van der Waals surface area contributed by atoms with Crippen LogP contribution in [0.3, 0.4) is 0 Å². The second-order valence-electron chi connectivity index (χ2n) is 3.84. The lowest BCUT2D eigenvalue weighted by molar-refractivity contribution is -0.386. The van der Waals surface area contributed by atoms with Gasteiger partial charge in [0.15, 0.2) is 0 Å². The summed E-state index contributed by atoms with van der Waals surface area (Å²) in [6.45, 7) is 0.906. The van der Waals surface area contributed by atoms with Gasteiger partial charge in [-0.1, -0.05) is 12.1 Å². The molecule has 0 aliphatic rings. The molecule has 0 saturated carbocycles. The number of nitrogens with zero attached hydrogens (tertiary/aromatic N) is 1. The maximum atomic E-state index is 12.2. The van der Waals surface area contributed by atoms with Gasteiger partial charge in [0.1, 0.15) is 5.60 Å². The van der Waals surface area contributed by atoms with Crippen molar-refractivity contribution in [2.75, 3.05) is 0 Å². The number of aliphatic hydroxyl groups is 1. The number of benzene rings is 1. The van der Waals surface area contributed by atoms with Gasteiger partial charge in [-0.2, -0.15) is 13.2 Å². The summed E-state index contributed by atoms with van der Waals surface area (Å²) in [5.74, 6) is 0. The smallest absolute Gasteiger partial charge is 0.385 e. The third kappa shape index (κ3) is 3.42. The fourth-order valence-corrected chi connectivity index (χ4v) is 1.57. The minimum absolute atomic E-state index is 0.345. The molecule has 1 unspecified atom stereocenters. The van der Waals surface area contributed by atoms with E-state index in [2.05, 4.69) is 0 Å². The van der Waals surface area contributed by atoms with Crippen molar-refractivity contribution in [3.05, 3.63) is 39.9 Å². The van der Waals surface area contributed by atoms with Crippen LogP contribution in [0.15, 0.2) is 24.3 Å². The summed E-state index contributed by atoms with van der Waals surface area (Å²) in [6.07, 6.45) is -6.14. The molecule has 0 saturated heterocycles. The zero-order valence-corrected chi connectivity index (χ0v) is 8.86. The Morgan fingerprint density at radius 3 is 2.35 bits per heavy atom. The minimum atomic E-state index is -4.60. The molecule has 0 amide bonds. The van der Waals surface area contributed by atoms with Crippen LogP contribution in [-0.4, -0.2) is 16.2 Å². The van der Waals surface area contributed by atoms with E-state index in [1.165, 1.54) is 12.1 Å². The molecule has 0 aromatic heterocycles. The lowest BCUT2D eigenvalue weighted by atomic mass is 9.91. The normalized spacial score (nSPS) is 15.4. The van der Waals surface area contributed by atoms with E-state index in [1.807, 2.05) is 0 Å². The first-order valence-electron chi connectivity index (χ1n) is 4.66. The highest BCUT2D eigenvalue weighted by molar-refractivity contribution is 5.43. The van der Waals surface area contributed by atoms with E-state index in [9.17, 15) is 28.4 Å². The molecule has 0 heterocycles. The Labute approximate surface area is 94.8 Å². The van der Waals surface area contributed by atoms with Crippen LogP contribution in [-0.2, 0) is 5.60 Å². The predicted octanol–water partition coefficient (Wildman–Crippen LogP) is 2.75. The zero-order chi connectivity index (χ0) is 13.3. The highest BCUT2D eigenvalue weighted by Crippen LogP contribution is 2.37. The monoisotopic (exact) mass is 249 g/mol. The number of nitro groups is 1. The molecule has 0 radical (unpaired) electrons. The van der Waals surface area contributed by atoms with Crippen molar-refractivity contribution < 1.29 is 23.2 Å². The van der Waals surface area contributed by atoms with Crippen molar-refractivity contribution >= 4 is 5.69 Å². The van der Waals surface area contributed by atoms with E-state index in [4.69, 9.17) is 0 Å². The molecular formula is C10H10F3NO3. The SMILES string of the molecule is CC(O)(CC(F)(F)F)c1ccccc1[N+](=O)[O-]. The van der Waals surface area contributed by atoms with Crippen LogP contribution in [0.1, 0.15) is 18.9 Å². The Bertz CT molecular complexity index is 429. The summed E-state index contributed by atoms with van der Waals surface area (Å²) >= 11 is 0. The van der Waals surface area contributed by atoms with Gasteiger partial charge < -0.3 is 5.11 Å². The molecule has 0 bridgehead atoms. The van der Waals surface area contributed by atoms with Crippen LogP contribution in [0, 0.1) is 10.1 Å². The van der Waals surface area contributed by atoms with Gasteiger partial charge in [0.25, 0.3) is 5.69 Å². The summed E-state index contributed by atoms with van der Waals surface area (Å²) < 4.78 is 36.7. The van der Waals surface area contributed by atoms with Crippen molar-refractivity contribution in [1.29, 1.82) is 0 Å². The van der Waals surface area contributed by atoms with Crippen LogP contribution in [0.5, 0.6) is 0 Å². The molecule has 7 heteroatoms. The molecule has 0 aliphatic heterocycles. The van der Waals surface area contributed by atoms with Gasteiger partial charge in [-0.3, -0.25) is 10.1 Å². The van der Waals surface area contributed by atoms with E-state index in [0.717, 1.165) is 19.1 Å². The molecule has 1 aromatic carbocycles. The van der Waals surface area contributed by atoms with Gasteiger partial charge in [0.2, 0.25) is 0 Å². The lowest BCUT2D eigenvalue weighted by Crippen LogP contribution is -2.29. The molecule has 0 fully saturated rings. The Morgan fingerprint density at radius 2 is 1.88 bits per heavy atom. The fraction of sp³-hybridized carbons (Fsp3) is 0.400. The maximum absolute atomic E-state index is 12.2. The molecule has 0 spiro atoms. The summed E-state index contributed by atoms with van der Waals surface area (Å²) in [5, 5.41) is 20.4. The number of para-hydroxylation sites is 1.